The van der Waals surface area contributed by atoms with Gasteiger partial charge in [-0.25, -0.2) is 5.43 Å². The molecule has 0 heterocycles. The van der Waals surface area contributed by atoms with Gasteiger partial charge >= 0.3 is 0 Å². The molecule has 2 amide bonds. The van der Waals surface area contributed by atoms with E-state index in [2.05, 4.69) is 15.8 Å². The van der Waals surface area contributed by atoms with Crippen LogP contribution in [0, 0.1) is 0 Å². The van der Waals surface area contributed by atoms with Gasteiger partial charge in [0.05, 0.1) is 5.71 Å². The first-order valence-corrected chi connectivity index (χ1v) is 9.26. The van der Waals surface area contributed by atoms with Crippen LogP contribution in [0.4, 0.5) is 5.69 Å². The molecule has 1 aliphatic carbocycles. The molecule has 3 N–H and O–H groups in total. The molecular formula is C23H19N3O3. The fraction of sp³-hybridized carbons (Fsp3) is 0.0870. The molecule has 0 aliphatic heterocycles. The highest BCUT2D eigenvalue weighted by atomic mass is 16.3. The van der Waals surface area contributed by atoms with Crippen molar-refractivity contribution in [3.05, 3.63) is 95.1 Å². The Hall–Kier alpha value is -3.93. The van der Waals surface area contributed by atoms with E-state index in [0.29, 0.717) is 34.5 Å². The van der Waals surface area contributed by atoms with Crippen LogP contribution in [0.25, 0.3) is 0 Å². The van der Waals surface area contributed by atoms with Gasteiger partial charge in [-0.3, -0.25) is 9.59 Å². The number of carbonyl (C=O) groups excluding carboxylic acids is 2. The molecule has 0 radical (unpaired) electrons. The van der Waals surface area contributed by atoms with Crippen LogP contribution in [0.15, 0.2) is 77.9 Å². The van der Waals surface area contributed by atoms with E-state index < -0.39 is 5.91 Å². The molecule has 0 fully saturated rings. The molecule has 0 atom stereocenters. The van der Waals surface area contributed by atoms with Gasteiger partial charge in [0.1, 0.15) is 5.75 Å². The normalized spacial score (nSPS) is 13.7. The SMILES string of the molecule is O=C(N/N=C1\CCc2cccc(O)c21)c1cccc(C(=O)Nc2ccccc2)c1. The van der Waals surface area contributed by atoms with Gasteiger partial charge in [0.15, 0.2) is 0 Å². The number of anilines is 1. The molecule has 29 heavy (non-hydrogen) atoms. The van der Waals surface area contributed by atoms with E-state index in [1.54, 1.807) is 42.5 Å². The van der Waals surface area contributed by atoms with Gasteiger partial charge in [0.25, 0.3) is 11.8 Å². The molecular weight excluding hydrogens is 366 g/mol. The number of nitrogens with one attached hydrogen (secondary N) is 2. The summed E-state index contributed by atoms with van der Waals surface area (Å²) in [4.78, 5) is 25.0. The highest BCUT2D eigenvalue weighted by Crippen LogP contribution is 2.29. The molecule has 4 rings (SSSR count). The first-order chi connectivity index (χ1) is 14.1. The molecule has 6 heteroatoms. The van der Waals surface area contributed by atoms with E-state index in [-0.39, 0.29) is 11.7 Å². The van der Waals surface area contributed by atoms with E-state index in [1.807, 2.05) is 24.3 Å². The number of fused-ring (bicyclic) bond motifs is 1. The van der Waals surface area contributed by atoms with E-state index in [1.165, 1.54) is 6.07 Å². The second-order valence-corrected chi connectivity index (χ2v) is 6.71. The lowest BCUT2D eigenvalue weighted by Crippen LogP contribution is -2.20. The maximum atomic E-state index is 12.5. The van der Waals surface area contributed by atoms with Crippen LogP contribution in [-0.2, 0) is 6.42 Å². The number of nitrogens with zero attached hydrogens (tertiary/aromatic N) is 1. The van der Waals surface area contributed by atoms with Gasteiger partial charge < -0.3 is 10.4 Å². The number of amides is 2. The Labute approximate surface area is 167 Å². The zero-order valence-electron chi connectivity index (χ0n) is 15.6. The molecule has 0 spiro atoms. The van der Waals surface area contributed by atoms with E-state index >= 15 is 0 Å². The predicted octanol–water partition coefficient (Wildman–Crippen LogP) is 3.72. The lowest BCUT2D eigenvalue weighted by atomic mass is 10.1. The van der Waals surface area contributed by atoms with Crippen LogP contribution in [-0.4, -0.2) is 22.6 Å². The van der Waals surface area contributed by atoms with E-state index in [0.717, 1.165) is 12.0 Å². The van der Waals surface area contributed by atoms with Gasteiger partial charge in [-0.05, 0) is 54.8 Å². The van der Waals surface area contributed by atoms with Crippen LogP contribution in [0.1, 0.15) is 38.3 Å². The summed E-state index contributed by atoms with van der Waals surface area (Å²) in [6.07, 6.45) is 1.42. The molecule has 1 aliphatic rings. The Balaban J connectivity index is 1.48. The van der Waals surface area contributed by atoms with Crippen LogP contribution >= 0.6 is 0 Å². The molecule has 0 saturated heterocycles. The number of hydrogen-bond donors (Lipinski definition) is 3. The van der Waals surface area contributed by atoms with Gasteiger partial charge in [0.2, 0.25) is 0 Å². The summed E-state index contributed by atoms with van der Waals surface area (Å²) < 4.78 is 0. The molecule has 0 bridgehead atoms. The topological polar surface area (TPSA) is 90.8 Å². The minimum atomic E-state index is -0.421. The summed E-state index contributed by atoms with van der Waals surface area (Å²) in [5.74, 6) is -0.560. The number of hydrazone groups is 1. The average molecular weight is 385 g/mol. The lowest BCUT2D eigenvalue weighted by molar-refractivity contribution is 0.0954. The van der Waals surface area contributed by atoms with Crippen molar-refractivity contribution in [2.45, 2.75) is 12.8 Å². The summed E-state index contributed by atoms with van der Waals surface area (Å²) in [6, 6.07) is 20.9. The van der Waals surface area contributed by atoms with Crippen LogP contribution < -0.4 is 10.7 Å². The van der Waals surface area contributed by atoms with Crippen molar-refractivity contribution in [2.75, 3.05) is 5.32 Å². The standard InChI is InChI=1S/C23H19N3O3/c27-20-11-5-6-15-12-13-19(21(15)20)25-26-23(29)17-8-4-7-16(14-17)22(28)24-18-9-2-1-3-10-18/h1-11,14,27H,12-13H2,(H,24,28)(H,26,29)/b25-19+. The van der Waals surface area contributed by atoms with Crippen molar-refractivity contribution < 1.29 is 14.7 Å². The number of aryl methyl sites for hydroxylation is 1. The summed E-state index contributed by atoms with van der Waals surface area (Å²) in [7, 11) is 0. The monoisotopic (exact) mass is 385 g/mol. The first kappa shape index (κ1) is 18.4. The van der Waals surface area contributed by atoms with Crippen molar-refractivity contribution >= 4 is 23.2 Å². The third-order valence-corrected chi connectivity index (χ3v) is 4.76. The second-order valence-electron chi connectivity index (χ2n) is 6.71. The number of hydrogen-bond acceptors (Lipinski definition) is 4. The van der Waals surface area contributed by atoms with Crippen molar-refractivity contribution in [2.24, 2.45) is 5.10 Å². The second kappa shape index (κ2) is 7.98. The average Bonchev–Trinajstić information content (AvgIpc) is 3.17. The Bertz CT molecular complexity index is 1110. The number of phenolic OH excluding ortho intramolecular Hbond substituents is 1. The van der Waals surface area contributed by atoms with Gasteiger partial charge in [-0.1, -0.05) is 36.4 Å². The summed E-state index contributed by atoms with van der Waals surface area (Å²) in [5, 5.41) is 17.1. The third-order valence-electron chi connectivity index (χ3n) is 4.76. The first-order valence-electron chi connectivity index (χ1n) is 9.26. The molecule has 3 aromatic carbocycles. The van der Waals surface area contributed by atoms with Crippen LogP contribution in [0.2, 0.25) is 0 Å². The largest absolute Gasteiger partial charge is 0.507 e. The number of phenols is 1. The minimum absolute atomic E-state index is 0.160. The van der Waals surface area contributed by atoms with Crippen molar-refractivity contribution in [1.82, 2.24) is 5.43 Å². The van der Waals surface area contributed by atoms with Crippen LogP contribution in [0.5, 0.6) is 5.75 Å². The fourth-order valence-corrected chi connectivity index (χ4v) is 3.33. The summed E-state index contributed by atoms with van der Waals surface area (Å²) in [5.41, 5.74) is 6.25. The Morgan fingerprint density at radius 2 is 1.55 bits per heavy atom. The zero-order valence-corrected chi connectivity index (χ0v) is 15.6. The zero-order chi connectivity index (χ0) is 20.2. The molecule has 3 aromatic rings. The number of rotatable bonds is 4. The van der Waals surface area contributed by atoms with Crippen molar-refractivity contribution in [3.8, 4) is 5.75 Å². The van der Waals surface area contributed by atoms with Gasteiger partial charge in [-0.15, -0.1) is 0 Å². The maximum Gasteiger partial charge on any atom is 0.271 e. The molecule has 0 aromatic heterocycles. The Kier molecular flexibility index (Phi) is 5.07. The quantitative estimate of drug-likeness (QED) is 0.598. The number of benzene rings is 3. The van der Waals surface area contributed by atoms with Crippen molar-refractivity contribution in [1.29, 1.82) is 0 Å². The van der Waals surface area contributed by atoms with Gasteiger partial charge in [-0.2, -0.15) is 5.10 Å². The molecule has 144 valence electrons. The lowest BCUT2D eigenvalue weighted by Gasteiger charge is -2.07. The number of carbonyl (C=O) groups is 2. The molecule has 6 nitrogen and oxygen atoms in total. The summed E-state index contributed by atoms with van der Waals surface area (Å²) in [6.45, 7) is 0. The maximum absolute atomic E-state index is 12.5. The van der Waals surface area contributed by atoms with E-state index in [9.17, 15) is 14.7 Å². The van der Waals surface area contributed by atoms with Gasteiger partial charge in [0, 0.05) is 22.4 Å². The number of aromatic hydroxyl groups is 1. The highest BCUT2D eigenvalue weighted by Gasteiger charge is 2.21. The Morgan fingerprint density at radius 3 is 2.34 bits per heavy atom. The summed E-state index contributed by atoms with van der Waals surface area (Å²) >= 11 is 0. The molecule has 0 saturated carbocycles. The fourth-order valence-electron chi connectivity index (χ4n) is 3.33. The van der Waals surface area contributed by atoms with Crippen molar-refractivity contribution in [3.63, 3.8) is 0 Å². The molecule has 0 unspecified atom stereocenters. The smallest absolute Gasteiger partial charge is 0.271 e. The third kappa shape index (κ3) is 4.01. The highest BCUT2D eigenvalue weighted by molar-refractivity contribution is 6.08. The van der Waals surface area contributed by atoms with E-state index in [4.69, 9.17) is 0 Å². The minimum Gasteiger partial charge on any atom is -0.507 e. The van der Waals surface area contributed by atoms with Crippen LogP contribution in [0.3, 0.4) is 0 Å². The Morgan fingerprint density at radius 1 is 0.828 bits per heavy atom. The predicted molar refractivity (Wildman–Crippen MR) is 111 cm³/mol. The number of para-hydroxylation sites is 1.